The van der Waals surface area contributed by atoms with Gasteiger partial charge in [0.1, 0.15) is 5.69 Å². The highest BCUT2D eigenvalue weighted by Gasteiger charge is 2.12. The Balaban J connectivity index is 2.40. The number of nitrogens with zero attached hydrogens (tertiary/aromatic N) is 2. The van der Waals surface area contributed by atoms with Crippen LogP contribution in [-0.4, -0.2) is 50.0 Å². The van der Waals surface area contributed by atoms with E-state index < -0.39 is 10.0 Å². The highest BCUT2D eigenvalue weighted by atomic mass is 32.2. The first-order chi connectivity index (χ1) is 7.80. The van der Waals surface area contributed by atoms with Crippen LogP contribution in [0.5, 0.6) is 0 Å². The zero-order valence-corrected chi connectivity index (χ0v) is 11.6. The standard InChI is InChI=1S/C9H15N3O3S2/c1-7-11-8(6-16-7)9(13)10-4-5-12(2)17(3,14)15/h6H,4-5H2,1-3H3,(H,10,13). The zero-order valence-electron chi connectivity index (χ0n) is 9.93. The monoisotopic (exact) mass is 277 g/mol. The fourth-order valence-corrected chi connectivity index (χ4v) is 2.07. The molecule has 0 saturated heterocycles. The molecule has 0 aromatic carbocycles. The van der Waals surface area contributed by atoms with Gasteiger partial charge in [-0.15, -0.1) is 11.3 Å². The molecule has 0 fully saturated rings. The quantitative estimate of drug-likeness (QED) is 0.826. The number of aryl methyl sites for hydroxylation is 1. The lowest BCUT2D eigenvalue weighted by Crippen LogP contribution is -2.35. The third kappa shape index (κ3) is 4.41. The van der Waals surface area contributed by atoms with Crippen LogP contribution in [0.1, 0.15) is 15.5 Å². The molecule has 1 rings (SSSR count). The Labute approximate surface area is 105 Å². The SMILES string of the molecule is Cc1nc(C(=O)NCCN(C)S(C)(=O)=O)cs1. The van der Waals surface area contributed by atoms with Crippen LogP contribution in [-0.2, 0) is 10.0 Å². The molecule has 0 aliphatic heterocycles. The molecule has 0 aliphatic rings. The molecule has 0 saturated carbocycles. The van der Waals surface area contributed by atoms with Crippen LogP contribution in [0.25, 0.3) is 0 Å². The summed E-state index contributed by atoms with van der Waals surface area (Å²) in [5.41, 5.74) is 0.370. The molecule has 0 spiro atoms. The van der Waals surface area contributed by atoms with E-state index in [0.717, 1.165) is 11.3 Å². The van der Waals surface area contributed by atoms with Crippen molar-refractivity contribution in [2.45, 2.75) is 6.92 Å². The van der Waals surface area contributed by atoms with Gasteiger partial charge in [0.05, 0.1) is 11.3 Å². The molecule has 17 heavy (non-hydrogen) atoms. The summed E-state index contributed by atoms with van der Waals surface area (Å²) in [6, 6.07) is 0. The highest BCUT2D eigenvalue weighted by molar-refractivity contribution is 7.88. The number of rotatable bonds is 5. The lowest BCUT2D eigenvalue weighted by atomic mass is 10.4. The van der Waals surface area contributed by atoms with E-state index in [9.17, 15) is 13.2 Å². The first-order valence-electron chi connectivity index (χ1n) is 4.92. The average molecular weight is 277 g/mol. The molecule has 6 nitrogen and oxygen atoms in total. The molecule has 1 aromatic heterocycles. The summed E-state index contributed by atoms with van der Waals surface area (Å²) in [6.45, 7) is 2.32. The number of aromatic nitrogens is 1. The van der Waals surface area contributed by atoms with E-state index in [1.807, 2.05) is 6.92 Å². The molecule has 1 amide bonds. The van der Waals surface area contributed by atoms with Gasteiger partial charge in [0, 0.05) is 25.5 Å². The minimum atomic E-state index is -3.19. The van der Waals surface area contributed by atoms with Gasteiger partial charge < -0.3 is 5.32 Å². The van der Waals surface area contributed by atoms with Crippen molar-refractivity contribution in [3.05, 3.63) is 16.1 Å². The van der Waals surface area contributed by atoms with E-state index >= 15 is 0 Å². The maximum Gasteiger partial charge on any atom is 0.270 e. The van der Waals surface area contributed by atoms with Crippen LogP contribution >= 0.6 is 11.3 Å². The Morgan fingerprint density at radius 3 is 2.71 bits per heavy atom. The van der Waals surface area contributed by atoms with Crippen molar-refractivity contribution >= 4 is 27.3 Å². The topological polar surface area (TPSA) is 79.4 Å². The number of likely N-dealkylation sites (N-methyl/N-ethyl adjacent to an activating group) is 1. The predicted molar refractivity (Wildman–Crippen MR) is 66.7 cm³/mol. The molecule has 0 radical (unpaired) electrons. The molecule has 1 heterocycles. The molecule has 1 aromatic rings. The maximum absolute atomic E-state index is 11.6. The minimum absolute atomic E-state index is 0.244. The number of carbonyl (C=O) groups excluding carboxylic acids is 1. The van der Waals surface area contributed by atoms with Crippen LogP contribution in [0.15, 0.2) is 5.38 Å². The van der Waals surface area contributed by atoms with Gasteiger partial charge in [-0.05, 0) is 6.92 Å². The van der Waals surface area contributed by atoms with Crippen LogP contribution in [0.3, 0.4) is 0 Å². The fourth-order valence-electron chi connectivity index (χ4n) is 1.05. The summed E-state index contributed by atoms with van der Waals surface area (Å²) < 4.78 is 23.3. The second kappa shape index (κ2) is 5.56. The van der Waals surface area contributed by atoms with E-state index in [2.05, 4.69) is 10.3 Å². The van der Waals surface area contributed by atoms with Gasteiger partial charge in [0.15, 0.2) is 0 Å². The zero-order chi connectivity index (χ0) is 13.1. The number of carbonyl (C=O) groups is 1. The fraction of sp³-hybridized carbons (Fsp3) is 0.556. The molecule has 8 heteroatoms. The molecule has 0 aliphatic carbocycles. The van der Waals surface area contributed by atoms with Crippen molar-refractivity contribution < 1.29 is 13.2 Å². The van der Waals surface area contributed by atoms with Gasteiger partial charge in [0.2, 0.25) is 10.0 Å². The summed E-state index contributed by atoms with van der Waals surface area (Å²) in [5, 5.41) is 5.11. The number of sulfonamides is 1. The normalized spacial score (nSPS) is 11.8. The number of hydrogen-bond acceptors (Lipinski definition) is 5. The van der Waals surface area contributed by atoms with Crippen molar-refractivity contribution in [1.29, 1.82) is 0 Å². The van der Waals surface area contributed by atoms with E-state index in [-0.39, 0.29) is 19.0 Å². The summed E-state index contributed by atoms with van der Waals surface area (Å²) in [7, 11) is -1.73. The van der Waals surface area contributed by atoms with Gasteiger partial charge in [0.25, 0.3) is 5.91 Å². The summed E-state index contributed by atoms with van der Waals surface area (Å²) in [6.07, 6.45) is 1.12. The Morgan fingerprint density at radius 2 is 2.24 bits per heavy atom. The largest absolute Gasteiger partial charge is 0.349 e. The Hall–Kier alpha value is -0.990. The molecule has 1 N–H and O–H groups in total. The van der Waals surface area contributed by atoms with Gasteiger partial charge in [-0.3, -0.25) is 4.79 Å². The van der Waals surface area contributed by atoms with Gasteiger partial charge in [-0.2, -0.15) is 0 Å². The number of hydrogen-bond donors (Lipinski definition) is 1. The van der Waals surface area contributed by atoms with E-state index in [4.69, 9.17) is 0 Å². The van der Waals surface area contributed by atoms with E-state index in [1.165, 1.54) is 22.7 Å². The average Bonchev–Trinajstić information content (AvgIpc) is 2.63. The summed E-state index contributed by atoms with van der Waals surface area (Å²) in [4.78, 5) is 15.6. The lowest BCUT2D eigenvalue weighted by Gasteiger charge is -2.13. The molecule has 0 atom stereocenters. The Kier molecular flexibility index (Phi) is 4.61. The lowest BCUT2D eigenvalue weighted by molar-refractivity contribution is 0.0948. The van der Waals surface area contributed by atoms with Crippen LogP contribution in [0.4, 0.5) is 0 Å². The van der Waals surface area contributed by atoms with Crippen molar-refractivity contribution in [2.24, 2.45) is 0 Å². The van der Waals surface area contributed by atoms with Crippen LogP contribution < -0.4 is 5.32 Å². The van der Waals surface area contributed by atoms with Crippen molar-refractivity contribution in [3.63, 3.8) is 0 Å². The first kappa shape index (κ1) is 14.1. The van der Waals surface area contributed by atoms with Gasteiger partial charge >= 0.3 is 0 Å². The second-order valence-corrected chi connectivity index (χ2v) is 6.74. The van der Waals surface area contributed by atoms with Gasteiger partial charge in [-0.1, -0.05) is 0 Å². The van der Waals surface area contributed by atoms with Crippen LogP contribution in [0.2, 0.25) is 0 Å². The molecule has 0 unspecified atom stereocenters. The Bertz CT molecular complexity index is 495. The first-order valence-corrected chi connectivity index (χ1v) is 7.65. The van der Waals surface area contributed by atoms with E-state index in [0.29, 0.717) is 5.69 Å². The number of amides is 1. The van der Waals surface area contributed by atoms with Crippen molar-refractivity contribution in [2.75, 3.05) is 26.4 Å². The highest BCUT2D eigenvalue weighted by Crippen LogP contribution is 2.07. The van der Waals surface area contributed by atoms with Crippen molar-refractivity contribution in [3.8, 4) is 0 Å². The molecule has 0 bridgehead atoms. The number of nitrogens with one attached hydrogen (secondary N) is 1. The maximum atomic E-state index is 11.6. The minimum Gasteiger partial charge on any atom is -0.349 e. The second-order valence-electron chi connectivity index (χ2n) is 3.59. The van der Waals surface area contributed by atoms with Crippen LogP contribution in [0, 0.1) is 6.92 Å². The predicted octanol–water partition coefficient (Wildman–Crippen LogP) is 0.0727. The molecular formula is C9H15N3O3S2. The third-order valence-electron chi connectivity index (χ3n) is 2.13. The van der Waals surface area contributed by atoms with Gasteiger partial charge in [-0.25, -0.2) is 17.7 Å². The molecule has 96 valence electrons. The summed E-state index contributed by atoms with van der Waals surface area (Å²) in [5.74, 6) is -0.281. The number of thiazole rings is 1. The summed E-state index contributed by atoms with van der Waals surface area (Å²) >= 11 is 1.40. The van der Waals surface area contributed by atoms with Crippen molar-refractivity contribution in [1.82, 2.24) is 14.6 Å². The molecular weight excluding hydrogens is 262 g/mol. The Morgan fingerprint density at radius 1 is 1.59 bits per heavy atom. The third-order valence-corrected chi connectivity index (χ3v) is 4.22. The van der Waals surface area contributed by atoms with E-state index in [1.54, 1.807) is 5.38 Å². The smallest absolute Gasteiger partial charge is 0.270 e.